The molecule has 2 aliphatic heterocycles. The second-order valence-corrected chi connectivity index (χ2v) is 16.6. The highest BCUT2D eigenvalue weighted by atomic mass is 16.1. The maximum atomic E-state index is 13.5. The number of aromatic nitrogens is 4. The number of carbonyl (C=O) groups excluding carboxylic acids is 1. The lowest BCUT2D eigenvalue weighted by Crippen LogP contribution is -1.93. The van der Waals surface area contributed by atoms with E-state index >= 15 is 0 Å². The van der Waals surface area contributed by atoms with E-state index in [2.05, 4.69) is 181 Å². The molecule has 0 spiro atoms. The van der Waals surface area contributed by atoms with Crippen LogP contribution < -0.4 is 0 Å². The van der Waals surface area contributed by atoms with Crippen molar-refractivity contribution in [1.82, 2.24) is 19.9 Å². The first-order chi connectivity index (χ1) is 28.9. The molecule has 292 valence electrons. The summed E-state index contributed by atoms with van der Waals surface area (Å²) in [7, 11) is 0. The van der Waals surface area contributed by atoms with Crippen molar-refractivity contribution >= 4 is 51.7 Å². The van der Waals surface area contributed by atoms with Gasteiger partial charge in [0.15, 0.2) is 6.29 Å². The number of hydrogen-bond acceptors (Lipinski definition) is 4. The number of aldehydes is 1. The van der Waals surface area contributed by atoms with Gasteiger partial charge < -0.3 is 9.97 Å². The predicted molar refractivity (Wildman–Crippen MR) is 248 cm³/mol. The maximum Gasteiger partial charge on any atom is 0.153 e. The van der Waals surface area contributed by atoms with Crippen molar-refractivity contribution in [3.63, 3.8) is 0 Å². The van der Waals surface area contributed by atoms with Crippen molar-refractivity contribution in [3.05, 3.63) is 164 Å². The van der Waals surface area contributed by atoms with Crippen LogP contribution >= 0.6 is 0 Å². The first kappa shape index (κ1) is 38.2. The van der Waals surface area contributed by atoms with Crippen LogP contribution in [0.1, 0.15) is 67.3 Å². The smallest absolute Gasteiger partial charge is 0.153 e. The van der Waals surface area contributed by atoms with Crippen LogP contribution in [0.15, 0.2) is 97.1 Å². The Balaban J connectivity index is 1.57. The van der Waals surface area contributed by atoms with E-state index in [-0.39, 0.29) is 11.1 Å². The molecule has 5 heterocycles. The molecule has 6 heteroatoms. The van der Waals surface area contributed by atoms with E-state index in [0.717, 1.165) is 129 Å². The Labute approximate surface area is 350 Å². The van der Waals surface area contributed by atoms with Crippen LogP contribution in [-0.2, 0) is 4.79 Å². The third kappa shape index (κ3) is 6.78. The number of nitrogens with zero attached hydrogens (tertiary/aromatic N) is 3. The molecule has 2 aliphatic rings. The molecule has 60 heavy (non-hydrogen) atoms. The minimum absolute atomic E-state index is 0.228. The molecule has 0 saturated heterocycles. The van der Waals surface area contributed by atoms with E-state index in [9.17, 15) is 10.1 Å². The molecule has 8 bridgehead atoms. The molecule has 0 aliphatic carbocycles. The molecule has 6 nitrogen and oxygen atoms in total. The van der Waals surface area contributed by atoms with Gasteiger partial charge in [-0.3, -0.25) is 4.79 Å². The number of allylic oxidation sites excluding steroid dienone is 2. The Morgan fingerprint density at radius 2 is 0.767 bits per heavy atom. The summed E-state index contributed by atoms with van der Waals surface area (Å²) in [5.41, 5.74) is 22.4. The molecule has 0 fully saturated rings. The lowest BCUT2D eigenvalue weighted by Gasteiger charge is -2.10. The van der Waals surface area contributed by atoms with Gasteiger partial charge in [0.1, 0.15) is 6.07 Å². The van der Waals surface area contributed by atoms with Gasteiger partial charge in [-0.05, 0) is 114 Å². The molecule has 9 rings (SSSR count). The topological polar surface area (TPSA) is 98.2 Å². The molecule has 2 N–H and O–H groups in total. The zero-order chi connectivity index (χ0) is 42.0. The highest BCUT2D eigenvalue weighted by molar-refractivity contribution is 6.24. The maximum absolute atomic E-state index is 13.5. The second-order valence-electron chi connectivity index (χ2n) is 16.6. The van der Waals surface area contributed by atoms with E-state index in [1.807, 2.05) is 0 Å². The van der Waals surface area contributed by atoms with E-state index in [4.69, 9.17) is 9.97 Å². The van der Waals surface area contributed by atoms with E-state index in [1.165, 1.54) is 0 Å². The number of nitriles is 1. The summed E-state index contributed by atoms with van der Waals surface area (Å²) in [5.74, 6) is 0. The fourth-order valence-electron chi connectivity index (χ4n) is 9.29. The summed E-state index contributed by atoms with van der Waals surface area (Å²) in [6.07, 6.45) is 5.02. The zero-order valence-electron chi connectivity index (χ0n) is 35.2. The number of hydrogen-bond donors (Lipinski definition) is 2. The molecule has 0 radical (unpaired) electrons. The molecule has 0 saturated carbocycles. The van der Waals surface area contributed by atoms with Crippen LogP contribution in [-0.4, -0.2) is 26.2 Å². The van der Waals surface area contributed by atoms with Gasteiger partial charge in [0, 0.05) is 44.3 Å². The summed E-state index contributed by atoms with van der Waals surface area (Å²) in [6, 6.07) is 36.6. The van der Waals surface area contributed by atoms with E-state index in [0.29, 0.717) is 11.4 Å². The molecular weight excluding hydrogens is 735 g/mol. The molecule has 3 aromatic heterocycles. The fraction of sp³-hybridized carbons (Fsp3) is 0.148. The summed E-state index contributed by atoms with van der Waals surface area (Å²) >= 11 is 0. The first-order valence-electron chi connectivity index (χ1n) is 20.3. The highest BCUT2D eigenvalue weighted by Crippen LogP contribution is 2.43. The van der Waals surface area contributed by atoms with Crippen molar-refractivity contribution in [2.75, 3.05) is 0 Å². The average molecular weight is 780 g/mol. The van der Waals surface area contributed by atoms with Crippen LogP contribution in [0.5, 0.6) is 0 Å². The number of H-pyrrole nitrogens is 2. The van der Waals surface area contributed by atoms with Gasteiger partial charge in [-0.15, -0.1) is 0 Å². The molecule has 0 amide bonds. The van der Waals surface area contributed by atoms with Crippen molar-refractivity contribution in [3.8, 4) is 50.6 Å². The van der Waals surface area contributed by atoms with Crippen LogP contribution in [0.3, 0.4) is 0 Å². The Morgan fingerprint density at radius 3 is 1.10 bits per heavy atom. The van der Waals surface area contributed by atoms with Gasteiger partial charge in [-0.1, -0.05) is 117 Å². The van der Waals surface area contributed by atoms with Gasteiger partial charge >= 0.3 is 0 Å². The molecule has 0 unspecified atom stereocenters. The number of aromatic amines is 2. The van der Waals surface area contributed by atoms with Crippen molar-refractivity contribution < 1.29 is 4.79 Å². The quantitative estimate of drug-likeness (QED) is 0.170. The monoisotopic (exact) mass is 779 g/mol. The second kappa shape index (κ2) is 14.8. The summed E-state index contributed by atoms with van der Waals surface area (Å²) < 4.78 is 0. The summed E-state index contributed by atoms with van der Waals surface area (Å²) in [6.45, 7) is 16.8. The predicted octanol–water partition coefficient (Wildman–Crippen LogP) is 13.3. The molecular formula is C54H45N5O. The van der Waals surface area contributed by atoms with Crippen LogP contribution in [0.2, 0.25) is 0 Å². The van der Waals surface area contributed by atoms with Gasteiger partial charge in [-0.25, -0.2) is 9.97 Å². The third-order valence-electron chi connectivity index (χ3n) is 11.3. The minimum Gasteiger partial charge on any atom is -0.354 e. The van der Waals surface area contributed by atoms with Crippen LogP contribution in [0.4, 0.5) is 0 Å². The zero-order valence-corrected chi connectivity index (χ0v) is 35.2. The lowest BCUT2D eigenvalue weighted by atomic mass is 9.94. The van der Waals surface area contributed by atoms with Crippen molar-refractivity contribution in [2.24, 2.45) is 0 Å². The lowest BCUT2D eigenvalue weighted by molar-refractivity contribution is -0.103. The molecule has 7 aromatic rings. The first-order valence-corrected chi connectivity index (χ1v) is 20.3. The van der Waals surface area contributed by atoms with Crippen molar-refractivity contribution in [2.45, 2.75) is 55.4 Å². The normalized spacial score (nSPS) is 12.2. The van der Waals surface area contributed by atoms with Crippen molar-refractivity contribution in [1.29, 1.82) is 5.26 Å². The Morgan fingerprint density at radius 1 is 0.450 bits per heavy atom. The number of fused-ring (bicyclic) bond motifs is 8. The van der Waals surface area contributed by atoms with Gasteiger partial charge in [-0.2, -0.15) is 5.26 Å². The van der Waals surface area contributed by atoms with Gasteiger partial charge in [0.05, 0.1) is 33.9 Å². The fourth-order valence-corrected chi connectivity index (χ4v) is 9.29. The number of carbonyl (C=O) groups is 1. The Kier molecular flexibility index (Phi) is 9.41. The highest BCUT2D eigenvalue weighted by Gasteiger charge is 2.28. The van der Waals surface area contributed by atoms with E-state index in [1.54, 1.807) is 0 Å². The number of aryl methyl sites for hydroxylation is 8. The number of benzene rings is 4. The SMILES string of the molecule is Cc1cc(C)cc(-c2c3nc(c(-c4cc(C)cc(C)c4)c4ccc([nH]4)c(-c4cc(C)cc(C)c4)c4nc(c(-c5cc(C)cc(C)c5)c5ccc2[nH]5)C(C#N)=C4C=O)C=C3)c1. The van der Waals surface area contributed by atoms with Crippen LogP contribution in [0, 0.1) is 66.7 Å². The molecule has 4 aromatic carbocycles. The Hall–Kier alpha value is -7.36. The third-order valence-corrected chi connectivity index (χ3v) is 11.3. The van der Waals surface area contributed by atoms with Gasteiger partial charge in [0.2, 0.25) is 0 Å². The van der Waals surface area contributed by atoms with Crippen LogP contribution in [0.25, 0.3) is 89.9 Å². The standard InChI is InChI=1S/C54H45N5O/c1-29-15-30(2)20-37(19-29)49-43-9-10-44(56-43)50(38-21-31(3)16-32(4)22-38)46-12-14-48(58-46)52(40-25-35(7)18-36(8)26-40)54-42(28-60)41(27-55)53(59-54)51(47-13-11-45(49)57-47)39-23-33(5)17-34(6)24-39/h9-26,28,57-58H,1-8H3. The average Bonchev–Trinajstić information content (AvgIpc) is 3.99. The minimum atomic E-state index is 0.228. The summed E-state index contributed by atoms with van der Waals surface area (Å²) in [4.78, 5) is 32.0. The Bertz CT molecular complexity index is 3190. The molecule has 0 atom stereocenters. The number of rotatable bonds is 5. The van der Waals surface area contributed by atoms with E-state index < -0.39 is 0 Å². The summed E-state index contributed by atoms with van der Waals surface area (Å²) in [5, 5.41) is 11.0. The number of nitrogens with one attached hydrogen (secondary N) is 2. The van der Waals surface area contributed by atoms with Gasteiger partial charge in [0.25, 0.3) is 0 Å². The largest absolute Gasteiger partial charge is 0.354 e.